The van der Waals surface area contributed by atoms with Gasteiger partial charge in [0.25, 0.3) is 0 Å². The van der Waals surface area contributed by atoms with E-state index in [2.05, 4.69) is 6.58 Å². The van der Waals surface area contributed by atoms with Crippen LogP contribution in [0.1, 0.15) is 27.2 Å². The molecule has 0 aromatic rings. The molecular formula is C13H20Cl3NO3. The van der Waals surface area contributed by atoms with Gasteiger partial charge in [0.2, 0.25) is 3.79 Å². The summed E-state index contributed by atoms with van der Waals surface area (Å²) in [6.07, 6.45) is 1.53. The second-order valence-corrected chi connectivity index (χ2v) is 8.29. The summed E-state index contributed by atoms with van der Waals surface area (Å²) in [5.41, 5.74) is -2.24. The summed E-state index contributed by atoms with van der Waals surface area (Å²) >= 11 is 17.6. The number of aliphatic hydroxyl groups is 1. The molecule has 1 heterocycles. The predicted molar refractivity (Wildman–Crippen MR) is 81.4 cm³/mol. The van der Waals surface area contributed by atoms with E-state index in [1.54, 1.807) is 26.8 Å². The highest BCUT2D eigenvalue weighted by Gasteiger charge is 2.58. The first-order chi connectivity index (χ1) is 8.90. The lowest BCUT2D eigenvalue weighted by Crippen LogP contribution is -2.50. The molecular weight excluding hydrogens is 325 g/mol. The van der Waals surface area contributed by atoms with Gasteiger partial charge in [0.05, 0.1) is 6.54 Å². The molecule has 1 rings (SSSR count). The van der Waals surface area contributed by atoms with Gasteiger partial charge in [-0.15, -0.1) is 6.58 Å². The molecule has 0 bridgehead atoms. The average Bonchev–Trinajstić information content (AvgIpc) is 2.55. The number of rotatable bonds is 2. The Kier molecular flexibility index (Phi) is 5.29. The maximum absolute atomic E-state index is 12.1. The van der Waals surface area contributed by atoms with Crippen molar-refractivity contribution in [1.29, 1.82) is 0 Å². The van der Waals surface area contributed by atoms with Gasteiger partial charge in [-0.3, -0.25) is 0 Å². The highest BCUT2D eigenvalue weighted by Crippen LogP contribution is 2.47. The zero-order chi connectivity index (χ0) is 15.8. The monoisotopic (exact) mass is 343 g/mol. The fourth-order valence-electron chi connectivity index (χ4n) is 2.16. The van der Waals surface area contributed by atoms with Gasteiger partial charge in [-0.05, 0) is 27.2 Å². The van der Waals surface area contributed by atoms with Crippen LogP contribution in [0.3, 0.4) is 0 Å². The molecule has 116 valence electrons. The summed E-state index contributed by atoms with van der Waals surface area (Å²) in [7, 11) is 0. The Balaban J connectivity index is 2.91. The second kappa shape index (κ2) is 5.91. The average molecular weight is 345 g/mol. The van der Waals surface area contributed by atoms with Gasteiger partial charge in [-0.2, -0.15) is 0 Å². The van der Waals surface area contributed by atoms with Crippen LogP contribution < -0.4 is 0 Å². The van der Waals surface area contributed by atoms with E-state index in [1.807, 2.05) is 0 Å². The molecule has 0 aromatic carbocycles. The van der Waals surface area contributed by atoms with Crippen molar-refractivity contribution in [2.45, 2.75) is 42.2 Å². The molecule has 1 saturated heterocycles. The number of hydrogen-bond donors (Lipinski definition) is 1. The first-order valence-electron chi connectivity index (χ1n) is 6.28. The van der Waals surface area contributed by atoms with Gasteiger partial charge in [-0.25, -0.2) is 4.79 Å². The first-order valence-corrected chi connectivity index (χ1v) is 7.42. The molecule has 0 unspecified atom stereocenters. The first kappa shape index (κ1) is 17.9. The molecule has 1 aliphatic rings. The maximum atomic E-state index is 12.1. The molecule has 0 aromatic heterocycles. The summed E-state index contributed by atoms with van der Waals surface area (Å²) in [5, 5.41) is 10.6. The molecule has 4 nitrogen and oxygen atoms in total. The predicted octanol–water partition coefficient (Wildman–Crippen LogP) is 3.53. The lowest BCUT2D eigenvalue weighted by atomic mass is 9.89. The molecule has 1 aliphatic heterocycles. The fourth-order valence-corrected chi connectivity index (χ4v) is 2.80. The van der Waals surface area contributed by atoms with E-state index in [9.17, 15) is 9.90 Å². The summed E-state index contributed by atoms with van der Waals surface area (Å²) in [4.78, 5) is 13.4. The molecule has 1 amide bonds. The van der Waals surface area contributed by atoms with E-state index < -0.39 is 27.0 Å². The van der Waals surface area contributed by atoms with Crippen molar-refractivity contribution in [3.63, 3.8) is 0 Å². The molecule has 2 atom stereocenters. The molecule has 7 heteroatoms. The number of allylic oxidation sites excluding steroid dienone is 1. The van der Waals surface area contributed by atoms with Crippen LogP contribution in [0.25, 0.3) is 0 Å². The standard InChI is InChI=1S/C13H20Cl3NO3/c1-5-6-9-7-17(10(18)20-11(2,3)4)8-12(9,19)13(14,15)16/h5,9,19H,1,6-8H2,2-4H3/t9-,12+/m0/s1. The number of likely N-dealkylation sites (tertiary alicyclic amines) is 1. The van der Waals surface area contributed by atoms with Crippen LogP contribution in [0.2, 0.25) is 0 Å². The number of nitrogens with zero attached hydrogens (tertiary/aromatic N) is 1. The fraction of sp³-hybridized carbons (Fsp3) is 0.769. The van der Waals surface area contributed by atoms with E-state index in [0.29, 0.717) is 6.42 Å². The number of amides is 1. The largest absolute Gasteiger partial charge is 0.444 e. The van der Waals surface area contributed by atoms with Gasteiger partial charge in [0, 0.05) is 12.5 Å². The van der Waals surface area contributed by atoms with Crippen molar-refractivity contribution in [2.75, 3.05) is 13.1 Å². The van der Waals surface area contributed by atoms with Crippen LogP contribution >= 0.6 is 34.8 Å². The van der Waals surface area contributed by atoms with Crippen LogP contribution in [-0.4, -0.2) is 44.2 Å². The molecule has 0 aliphatic carbocycles. The third kappa shape index (κ3) is 3.94. The Morgan fingerprint density at radius 3 is 2.45 bits per heavy atom. The molecule has 0 spiro atoms. The van der Waals surface area contributed by atoms with Crippen molar-refractivity contribution in [3.05, 3.63) is 12.7 Å². The minimum atomic E-state index is -1.89. The summed E-state index contributed by atoms with van der Waals surface area (Å²) in [5.74, 6) is -0.403. The van der Waals surface area contributed by atoms with Crippen molar-refractivity contribution in [3.8, 4) is 0 Å². The molecule has 1 N–H and O–H groups in total. The van der Waals surface area contributed by atoms with Crippen LogP contribution in [-0.2, 0) is 4.74 Å². The quantitative estimate of drug-likeness (QED) is 0.616. The third-order valence-corrected chi connectivity index (χ3v) is 4.12. The Morgan fingerprint density at radius 2 is 2.05 bits per heavy atom. The number of ether oxygens (including phenoxy) is 1. The van der Waals surface area contributed by atoms with Crippen LogP contribution in [0.4, 0.5) is 4.79 Å². The second-order valence-electron chi connectivity index (χ2n) is 6.00. The molecule has 0 saturated carbocycles. The highest BCUT2D eigenvalue weighted by atomic mass is 35.6. The van der Waals surface area contributed by atoms with Gasteiger partial charge < -0.3 is 14.7 Å². The van der Waals surface area contributed by atoms with Gasteiger partial charge >= 0.3 is 6.09 Å². The highest BCUT2D eigenvalue weighted by molar-refractivity contribution is 6.68. The minimum Gasteiger partial charge on any atom is -0.444 e. The van der Waals surface area contributed by atoms with Crippen molar-refractivity contribution >= 4 is 40.9 Å². The Bertz CT molecular complexity index is 389. The van der Waals surface area contributed by atoms with Crippen LogP contribution in [0, 0.1) is 5.92 Å². The SMILES string of the molecule is C=CC[C@H]1CN(C(=O)OC(C)(C)C)C[C@]1(O)C(Cl)(Cl)Cl. The van der Waals surface area contributed by atoms with Crippen molar-refractivity contribution in [2.24, 2.45) is 5.92 Å². The number of carbonyl (C=O) groups is 1. The number of alkyl halides is 3. The zero-order valence-corrected chi connectivity index (χ0v) is 14.1. The molecule has 0 radical (unpaired) electrons. The van der Waals surface area contributed by atoms with Gasteiger partial charge in [0.15, 0.2) is 0 Å². The van der Waals surface area contributed by atoms with E-state index in [-0.39, 0.29) is 13.1 Å². The van der Waals surface area contributed by atoms with E-state index in [0.717, 1.165) is 0 Å². The van der Waals surface area contributed by atoms with Crippen LogP contribution in [0.15, 0.2) is 12.7 Å². The number of halogens is 3. The van der Waals surface area contributed by atoms with E-state index in [4.69, 9.17) is 39.5 Å². The topological polar surface area (TPSA) is 49.8 Å². The minimum absolute atomic E-state index is 0.0864. The van der Waals surface area contributed by atoms with Crippen molar-refractivity contribution < 1.29 is 14.6 Å². The smallest absolute Gasteiger partial charge is 0.410 e. The third-order valence-electron chi connectivity index (χ3n) is 3.14. The lowest BCUT2D eigenvalue weighted by molar-refractivity contribution is 0.00578. The number of carbonyl (C=O) groups excluding carboxylic acids is 1. The summed E-state index contributed by atoms with van der Waals surface area (Å²) < 4.78 is 3.38. The number of hydrogen-bond acceptors (Lipinski definition) is 3. The summed E-state index contributed by atoms with van der Waals surface area (Å²) in [6, 6.07) is 0. The maximum Gasteiger partial charge on any atom is 0.410 e. The molecule has 1 fully saturated rings. The number of β-amino-alcohol motifs (C(OH)–C–C–N with tert-alkyl or cyclic N) is 1. The Morgan fingerprint density at radius 1 is 1.50 bits per heavy atom. The van der Waals surface area contributed by atoms with Crippen LogP contribution in [0.5, 0.6) is 0 Å². The van der Waals surface area contributed by atoms with Gasteiger partial charge in [-0.1, -0.05) is 40.9 Å². The van der Waals surface area contributed by atoms with E-state index in [1.165, 1.54) is 4.90 Å². The lowest BCUT2D eigenvalue weighted by Gasteiger charge is -2.34. The van der Waals surface area contributed by atoms with Crippen molar-refractivity contribution in [1.82, 2.24) is 4.90 Å². The Labute approximate surface area is 134 Å². The normalized spacial score (nSPS) is 27.6. The zero-order valence-electron chi connectivity index (χ0n) is 11.8. The molecule has 20 heavy (non-hydrogen) atoms. The summed E-state index contributed by atoms with van der Waals surface area (Å²) in [6.45, 7) is 9.10. The van der Waals surface area contributed by atoms with E-state index >= 15 is 0 Å². The Hall–Kier alpha value is -0.160. The van der Waals surface area contributed by atoms with Gasteiger partial charge in [0.1, 0.15) is 11.2 Å².